The summed E-state index contributed by atoms with van der Waals surface area (Å²) in [6.45, 7) is 4.56. The van der Waals surface area contributed by atoms with Gasteiger partial charge in [0.05, 0.1) is 6.10 Å². The Morgan fingerprint density at radius 3 is 2.62 bits per heavy atom. The van der Waals surface area contributed by atoms with Crippen molar-refractivity contribution >= 4 is 17.5 Å². The maximum absolute atomic E-state index is 12.3. The third kappa shape index (κ3) is 3.56. The largest absolute Gasteiger partial charge is 0.491 e. The molecule has 1 aliphatic heterocycles. The number of nitrogens with one attached hydrogen (secondary N) is 2. The average Bonchev–Trinajstić information content (AvgIpc) is 2.56. The quantitative estimate of drug-likeness (QED) is 0.908. The number of benzene rings is 2. The molecule has 5 nitrogen and oxygen atoms in total. The predicted molar refractivity (Wildman–Crippen MR) is 92.6 cm³/mol. The number of anilines is 1. The summed E-state index contributed by atoms with van der Waals surface area (Å²) < 4.78 is 5.57. The minimum Gasteiger partial charge on any atom is -0.491 e. The highest BCUT2D eigenvalue weighted by Crippen LogP contribution is 2.20. The molecule has 24 heavy (non-hydrogen) atoms. The lowest BCUT2D eigenvalue weighted by Gasteiger charge is -2.17. The first-order chi connectivity index (χ1) is 11.5. The highest BCUT2D eigenvalue weighted by Gasteiger charge is 2.17. The summed E-state index contributed by atoms with van der Waals surface area (Å²) in [6.07, 6.45) is 0.901. The van der Waals surface area contributed by atoms with E-state index >= 15 is 0 Å². The summed E-state index contributed by atoms with van der Waals surface area (Å²) in [4.78, 5) is 24.2. The number of rotatable bonds is 4. The van der Waals surface area contributed by atoms with Crippen LogP contribution < -0.4 is 15.4 Å². The van der Waals surface area contributed by atoms with Crippen LogP contribution in [0.1, 0.15) is 40.1 Å². The second-order valence-electron chi connectivity index (χ2n) is 6.02. The molecule has 0 radical (unpaired) electrons. The van der Waals surface area contributed by atoms with E-state index in [1.165, 1.54) is 0 Å². The first-order valence-corrected chi connectivity index (χ1v) is 8.02. The van der Waals surface area contributed by atoms with Gasteiger partial charge < -0.3 is 15.4 Å². The van der Waals surface area contributed by atoms with Crippen LogP contribution in [0.15, 0.2) is 42.5 Å². The van der Waals surface area contributed by atoms with E-state index in [-0.39, 0.29) is 17.9 Å². The number of hydrogen-bond acceptors (Lipinski definition) is 3. The number of carbonyl (C=O) groups excluding carboxylic acids is 2. The van der Waals surface area contributed by atoms with E-state index in [4.69, 9.17) is 4.74 Å². The van der Waals surface area contributed by atoms with Crippen molar-refractivity contribution in [3.05, 3.63) is 59.2 Å². The molecule has 0 bridgehead atoms. The summed E-state index contributed by atoms with van der Waals surface area (Å²) in [5, 5.41) is 5.64. The maximum Gasteiger partial charge on any atom is 0.255 e. The Morgan fingerprint density at radius 1 is 1.17 bits per heavy atom. The molecule has 2 aromatic carbocycles. The smallest absolute Gasteiger partial charge is 0.255 e. The lowest BCUT2D eigenvalue weighted by molar-refractivity contribution is 0.0944. The molecule has 0 saturated heterocycles. The fraction of sp³-hybridized carbons (Fsp3) is 0.263. The van der Waals surface area contributed by atoms with Crippen molar-refractivity contribution in [2.24, 2.45) is 0 Å². The van der Waals surface area contributed by atoms with Crippen molar-refractivity contribution < 1.29 is 14.3 Å². The van der Waals surface area contributed by atoms with Crippen LogP contribution in [-0.2, 0) is 6.42 Å². The van der Waals surface area contributed by atoms with Crippen molar-refractivity contribution in [2.45, 2.75) is 26.4 Å². The van der Waals surface area contributed by atoms with Gasteiger partial charge in [-0.1, -0.05) is 6.07 Å². The maximum atomic E-state index is 12.3. The normalized spacial score (nSPS) is 13.2. The molecular formula is C19H20N2O3. The zero-order chi connectivity index (χ0) is 17.1. The van der Waals surface area contributed by atoms with Crippen LogP contribution in [0, 0.1) is 0 Å². The third-order valence-corrected chi connectivity index (χ3v) is 3.78. The number of amides is 2. The van der Waals surface area contributed by atoms with Crippen molar-refractivity contribution in [1.82, 2.24) is 5.32 Å². The minimum atomic E-state index is -0.220. The van der Waals surface area contributed by atoms with Gasteiger partial charge in [-0.2, -0.15) is 0 Å². The van der Waals surface area contributed by atoms with Crippen molar-refractivity contribution in [3.63, 3.8) is 0 Å². The Morgan fingerprint density at radius 2 is 1.92 bits per heavy atom. The molecule has 0 unspecified atom stereocenters. The summed E-state index contributed by atoms with van der Waals surface area (Å²) in [6, 6.07) is 12.4. The van der Waals surface area contributed by atoms with Crippen LogP contribution in [0.2, 0.25) is 0 Å². The summed E-state index contributed by atoms with van der Waals surface area (Å²) in [5.74, 6) is 0.414. The van der Waals surface area contributed by atoms with Crippen molar-refractivity contribution in [1.29, 1.82) is 0 Å². The topological polar surface area (TPSA) is 67.4 Å². The van der Waals surface area contributed by atoms with Gasteiger partial charge in [0, 0.05) is 23.4 Å². The highest BCUT2D eigenvalue weighted by atomic mass is 16.5. The first kappa shape index (κ1) is 16.1. The Balaban J connectivity index is 1.73. The third-order valence-electron chi connectivity index (χ3n) is 3.78. The van der Waals surface area contributed by atoms with Gasteiger partial charge in [-0.05, 0) is 62.2 Å². The van der Waals surface area contributed by atoms with Crippen LogP contribution in [0.5, 0.6) is 5.75 Å². The van der Waals surface area contributed by atoms with Gasteiger partial charge in [0.15, 0.2) is 0 Å². The second-order valence-corrected chi connectivity index (χ2v) is 6.02. The highest BCUT2D eigenvalue weighted by molar-refractivity contribution is 6.05. The lowest BCUT2D eigenvalue weighted by atomic mass is 10.00. The van der Waals surface area contributed by atoms with Gasteiger partial charge in [0.2, 0.25) is 0 Å². The number of ether oxygens (including phenoxy) is 1. The molecule has 0 aliphatic carbocycles. The SMILES string of the molecule is CC(C)Oc1ccc(C(=O)Nc2ccc3c(c2)C(=O)NCC3)cc1. The summed E-state index contributed by atoms with van der Waals surface area (Å²) >= 11 is 0. The molecule has 0 fully saturated rings. The second kappa shape index (κ2) is 6.74. The summed E-state index contributed by atoms with van der Waals surface area (Å²) in [5.41, 5.74) is 2.78. The van der Waals surface area contributed by atoms with Crippen molar-refractivity contribution in [3.8, 4) is 5.75 Å². The zero-order valence-corrected chi connectivity index (χ0v) is 13.8. The van der Waals surface area contributed by atoms with E-state index in [2.05, 4.69) is 10.6 Å². The van der Waals surface area contributed by atoms with Crippen LogP contribution in [-0.4, -0.2) is 24.5 Å². The van der Waals surface area contributed by atoms with E-state index in [0.717, 1.165) is 17.7 Å². The van der Waals surface area contributed by atoms with Crippen LogP contribution >= 0.6 is 0 Å². The number of hydrogen-bond donors (Lipinski definition) is 2. The predicted octanol–water partition coefficient (Wildman–Crippen LogP) is 3.01. The molecule has 124 valence electrons. The fourth-order valence-electron chi connectivity index (χ4n) is 2.65. The Kier molecular flexibility index (Phi) is 4.51. The van der Waals surface area contributed by atoms with Crippen molar-refractivity contribution in [2.75, 3.05) is 11.9 Å². The van der Waals surface area contributed by atoms with Gasteiger partial charge >= 0.3 is 0 Å². The molecular weight excluding hydrogens is 304 g/mol. The van der Waals surface area contributed by atoms with Gasteiger partial charge in [-0.25, -0.2) is 0 Å². The molecule has 0 atom stereocenters. The lowest BCUT2D eigenvalue weighted by Crippen LogP contribution is -2.31. The molecule has 0 saturated carbocycles. The molecule has 5 heteroatoms. The van der Waals surface area contributed by atoms with Crippen LogP contribution in [0.3, 0.4) is 0 Å². The van der Waals surface area contributed by atoms with E-state index in [1.807, 2.05) is 26.0 Å². The first-order valence-electron chi connectivity index (χ1n) is 8.02. The average molecular weight is 324 g/mol. The van der Waals surface area contributed by atoms with E-state index in [9.17, 15) is 9.59 Å². The van der Waals surface area contributed by atoms with E-state index in [1.54, 1.807) is 30.3 Å². The molecule has 1 aliphatic rings. The molecule has 3 rings (SSSR count). The molecule has 2 aromatic rings. The van der Waals surface area contributed by atoms with Gasteiger partial charge in [0.1, 0.15) is 5.75 Å². The zero-order valence-electron chi connectivity index (χ0n) is 13.8. The van der Waals surface area contributed by atoms with Gasteiger partial charge in [0.25, 0.3) is 11.8 Å². The monoisotopic (exact) mass is 324 g/mol. The van der Waals surface area contributed by atoms with Crippen LogP contribution in [0.4, 0.5) is 5.69 Å². The summed E-state index contributed by atoms with van der Waals surface area (Å²) in [7, 11) is 0. The van der Waals surface area contributed by atoms with Crippen LogP contribution in [0.25, 0.3) is 0 Å². The standard InChI is InChI=1S/C19H20N2O3/c1-12(2)24-16-7-4-14(5-8-16)18(22)21-15-6-3-13-9-10-20-19(23)17(13)11-15/h3-8,11-12H,9-10H2,1-2H3,(H,20,23)(H,21,22). The molecule has 0 spiro atoms. The van der Waals surface area contributed by atoms with E-state index < -0.39 is 0 Å². The molecule has 0 aromatic heterocycles. The number of fused-ring (bicyclic) bond motifs is 1. The molecule has 2 amide bonds. The van der Waals surface area contributed by atoms with Gasteiger partial charge in [-0.3, -0.25) is 9.59 Å². The molecule has 1 heterocycles. The molecule has 2 N–H and O–H groups in total. The van der Waals surface area contributed by atoms with Gasteiger partial charge in [-0.15, -0.1) is 0 Å². The Labute approximate surface area is 141 Å². The Hall–Kier alpha value is -2.82. The van der Waals surface area contributed by atoms with E-state index in [0.29, 0.717) is 23.4 Å². The minimum absolute atomic E-state index is 0.0892. The fourth-order valence-corrected chi connectivity index (χ4v) is 2.65. The number of carbonyl (C=O) groups is 2. The Bertz CT molecular complexity index is 767.